The maximum Gasteiger partial charge on any atom is 0.274 e. The predicted octanol–water partition coefficient (Wildman–Crippen LogP) is 3.46. The third kappa shape index (κ3) is 3.73. The van der Waals surface area contributed by atoms with Crippen LogP contribution in [0.5, 0.6) is 0 Å². The maximum atomic E-state index is 13.2. The van der Waals surface area contributed by atoms with E-state index in [-0.39, 0.29) is 11.9 Å². The second kappa shape index (κ2) is 8.01. The minimum absolute atomic E-state index is 0.0227. The molecular weight excluding hydrogens is 386 g/mol. The largest absolute Gasteiger partial charge is 0.336 e. The fourth-order valence-electron chi connectivity index (χ4n) is 4.65. The van der Waals surface area contributed by atoms with Crippen molar-refractivity contribution < 1.29 is 4.79 Å². The van der Waals surface area contributed by atoms with Gasteiger partial charge in [0.05, 0.1) is 23.0 Å². The number of hydrogen-bond donors (Lipinski definition) is 1. The monoisotopic (exact) mass is 411 g/mol. The summed E-state index contributed by atoms with van der Waals surface area (Å²) in [6.07, 6.45) is 5.24. The molecule has 1 amide bonds. The van der Waals surface area contributed by atoms with Crippen molar-refractivity contribution >= 4 is 5.91 Å². The van der Waals surface area contributed by atoms with Gasteiger partial charge >= 0.3 is 0 Å². The van der Waals surface area contributed by atoms with Crippen molar-refractivity contribution in [1.29, 1.82) is 5.26 Å². The predicted molar refractivity (Wildman–Crippen MR) is 119 cm³/mol. The van der Waals surface area contributed by atoms with Crippen LogP contribution in [0.15, 0.2) is 48.5 Å². The van der Waals surface area contributed by atoms with Gasteiger partial charge in [0.2, 0.25) is 0 Å². The smallest absolute Gasteiger partial charge is 0.274 e. The number of nitrogens with zero attached hydrogens (tertiary/aromatic N) is 4. The molecular formula is C25H25N5O. The first kappa shape index (κ1) is 19.5. The lowest BCUT2D eigenvalue weighted by molar-refractivity contribution is 0.0702. The summed E-state index contributed by atoms with van der Waals surface area (Å²) < 4.78 is 1.86. The van der Waals surface area contributed by atoms with Gasteiger partial charge in [0.15, 0.2) is 5.69 Å². The summed E-state index contributed by atoms with van der Waals surface area (Å²) >= 11 is 0. The van der Waals surface area contributed by atoms with E-state index in [9.17, 15) is 4.79 Å². The van der Waals surface area contributed by atoms with Crippen LogP contribution in [0.4, 0.5) is 0 Å². The van der Waals surface area contributed by atoms with Gasteiger partial charge in [0, 0.05) is 24.7 Å². The Balaban J connectivity index is 1.58. The van der Waals surface area contributed by atoms with E-state index in [1.165, 1.54) is 17.5 Å². The van der Waals surface area contributed by atoms with Crippen LogP contribution in [0.3, 0.4) is 0 Å². The van der Waals surface area contributed by atoms with Crippen molar-refractivity contribution in [3.8, 4) is 23.0 Å². The minimum atomic E-state index is -0.0787. The normalized spacial score (nSPS) is 17.9. The third-order valence-corrected chi connectivity index (χ3v) is 6.31. The second-order valence-electron chi connectivity index (χ2n) is 8.48. The van der Waals surface area contributed by atoms with Crippen molar-refractivity contribution in [3.05, 3.63) is 70.9 Å². The number of aryl methyl sites for hydroxylation is 2. The topological polar surface area (TPSA) is 87.9 Å². The lowest BCUT2D eigenvalue weighted by Crippen LogP contribution is -2.45. The lowest BCUT2D eigenvalue weighted by atomic mass is 10.1. The third-order valence-electron chi connectivity index (χ3n) is 6.31. The Morgan fingerprint density at radius 2 is 1.87 bits per heavy atom. The highest BCUT2D eigenvalue weighted by Crippen LogP contribution is 2.29. The highest BCUT2D eigenvalue weighted by Gasteiger charge is 2.26. The molecule has 6 heteroatoms. The molecule has 1 aliphatic heterocycles. The summed E-state index contributed by atoms with van der Waals surface area (Å²) in [5.41, 5.74) is 12.6. The van der Waals surface area contributed by atoms with Gasteiger partial charge in [-0.3, -0.25) is 4.79 Å². The second-order valence-corrected chi connectivity index (χ2v) is 8.48. The average Bonchev–Trinajstić information content (AvgIpc) is 3.45. The van der Waals surface area contributed by atoms with E-state index in [2.05, 4.69) is 24.3 Å². The van der Waals surface area contributed by atoms with E-state index in [0.29, 0.717) is 24.3 Å². The van der Waals surface area contributed by atoms with Crippen molar-refractivity contribution in [1.82, 2.24) is 14.7 Å². The molecule has 3 aromatic rings. The van der Waals surface area contributed by atoms with Crippen molar-refractivity contribution in [2.75, 3.05) is 13.1 Å². The number of carbonyl (C=O) groups is 1. The van der Waals surface area contributed by atoms with Crippen molar-refractivity contribution in [2.45, 2.75) is 38.1 Å². The Hall–Kier alpha value is -3.43. The average molecular weight is 412 g/mol. The number of rotatable bonds is 3. The molecule has 5 rings (SSSR count). The number of fused-ring (bicyclic) bond motifs is 1. The standard InChI is InChI=1S/C25H25N5O/c26-15-17-6-8-19(9-7-17)24-14-23(25(31)29-12-2-5-21(27)16-29)28-30(24)22-11-10-18-3-1-4-20(18)13-22/h6-11,13-14,21H,1-5,12,16,27H2/t21-/m1/s1. The van der Waals surface area contributed by atoms with E-state index < -0.39 is 0 Å². The van der Waals surface area contributed by atoms with Crippen molar-refractivity contribution in [3.63, 3.8) is 0 Å². The molecule has 2 aliphatic rings. The maximum absolute atomic E-state index is 13.2. The molecule has 6 nitrogen and oxygen atoms in total. The fraction of sp³-hybridized carbons (Fsp3) is 0.320. The molecule has 2 aromatic carbocycles. The van der Waals surface area contributed by atoms with Gasteiger partial charge in [-0.15, -0.1) is 0 Å². The summed E-state index contributed by atoms with van der Waals surface area (Å²) in [5, 5.41) is 13.9. The summed E-state index contributed by atoms with van der Waals surface area (Å²) in [6.45, 7) is 1.28. The van der Waals surface area contributed by atoms with Crippen LogP contribution in [0.2, 0.25) is 0 Å². The van der Waals surface area contributed by atoms with Gasteiger partial charge in [-0.1, -0.05) is 18.2 Å². The number of carbonyl (C=O) groups excluding carboxylic acids is 1. The van der Waals surface area contributed by atoms with E-state index in [1.807, 2.05) is 27.8 Å². The Kier molecular flexibility index (Phi) is 5.05. The molecule has 2 N–H and O–H groups in total. The van der Waals surface area contributed by atoms with Gasteiger partial charge in [0.25, 0.3) is 5.91 Å². The molecule has 156 valence electrons. The molecule has 0 spiro atoms. The van der Waals surface area contributed by atoms with E-state index in [4.69, 9.17) is 16.1 Å². The van der Waals surface area contributed by atoms with Crippen LogP contribution < -0.4 is 5.73 Å². The zero-order valence-corrected chi connectivity index (χ0v) is 17.4. The minimum Gasteiger partial charge on any atom is -0.336 e. The van der Waals surface area contributed by atoms with Crippen LogP contribution in [0.25, 0.3) is 16.9 Å². The van der Waals surface area contributed by atoms with E-state index in [1.54, 1.807) is 12.1 Å². The SMILES string of the molecule is N#Cc1ccc(-c2cc(C(=O)N3CCC[C@@H](N)C3)nn2-c2ccc3c(c2)CCC3)cc1. The number of benzene rings is 2. The quantitative estimate of drug-likeness (QED) is 0.715. The summed E-state index contributed by atoms with van der Waals surface area (Å²) in [6, 6.07) is 17.9. The summed E-state index contributed by atoms with van der Waals surface area (Å²) in [4.78, 5) is 15.0. The van der Waals surface area contributed by atoms with Gasteiger partial charge in [-0.25, -0.2) is 4.68 Å². The number of nitriles is 1. The highest BCUT2D eigenvalue weighted by atomic mass is 16.2. The molecule has 0 bridgehead atoms. The van der Waals surface area contributed by atoms with Crippen molar-refractivity contribution in [2.24, 2.45) is 5.73 Å². The summed E-state index contributed by atoms with van der Waals surface area (Å²) in [7, 11) is 0. The molecule has 0 radical (unpaired) electrons. The first-order chi connectivity index (χ1) is 15.1. The molecule has 1 aromatic heterocycles. The molecule has 0 unspecified atom stereocenters. The Bertz CT molecular complexity index is 1170. The van der Waals surface area contributed by atoms with Gasteiger partial charge in [-0.2, -0.15) is 10.4 Å². The van der Waals surface area contributed by atoms with Gasteiger partial charge < -0.3 is 10.6 Å². The Morgan fingerprint density at radius 1 is 1.06 bits per heavy atom. The molecule has 1 aliphatic carbocycles. The summed E-state index contributed by atoms with van der Waals surface area (Å²) in [5.74, 6) is -0.0787. The number of piperidine rings is 1. The lowest BCUT2D eigenvalue weighted by Gasteiger charge is -2.30. The van der Waals surface area contributed by atoms with Crippen LogP contribution in [0.1, 0.15) is 46.4 Å². The first-order valence-corrected chi connectivity index (χ1v) is 10.9. The number of amides is 1. The molecule has 1 atom stereocenters. The zero-order valence-electron chi connectivity index (χ0n) is 17.4. The van der Waals surface area contributed by atoms with Crippen LogP contribution in [0, 0.1) is 11.3 Å². The van der Waals surface area contributed by atoms with Crippen LogP contribution in [-0.2, 0) is 12.8 Å². The van der Waals surface area contributed by atoms with Gasteiger partial charge in [0.1, 0.15) is 0 Å². The zero-order chi connectivity index (χ0) is 21.4. The molecule has 31 heavy (non-hydrogen) atoms. The van der Waals surface area contributed by atoms with E-state index >= 15 is 0 Å². The first-order valence-electron chi connectivity index (χ1n) is 10.9. The van der Waals surface area contributed by atoms with Gasteiger partial charge in [-0.05, 0) is 73.6 Å². The highest BCUT2D eigenvalue weighted by molar-refractivity contribution is 5.93. The van der Waals surface area contributed by atoms with Crippen LogP contribution in [-0.4, -0.2) is 39.7 Å². The van der Waals surface area contributed by atoms with Crippen LogP contribution >= 0.6 is 0 Å². The number of hydrogen-bond acceptors (Lipinski definition) is 4. The molecule has 2 heterocycles. The Labute approximate surface area is 181 Å². The molecule has 1 fully saturated rings. The van der Waals surface area contributed by atoms with E-state index in [0.717, 1.165) is 42.6 Å². The number of aromatic nitrogens is 2. The number of nitrogens with two attached hydrogens (primary N) is 1. The number of likely N-dealkylation sites (tertiary alicyclic amines) is 1. The molecule has 1 saturated heterocycles. The molecule has 0 saturated carbocycles. The fourth-order valence-corrected chi connectivity index (χ4v) is 4.65. The Morgan fingerprint density at radius 3 is 2.65 bits per heavy atom.